The summed E-state index contributed by atoms with van der Waals surface area (Å²) in [4.78, 5) is 84.6. The van der Waals surface area contributed by atoms with Crippen molar-refractivity contribution in [2.45, 2.75) is 223 Å². The lowest BCUT2D eigenvalue weighted by Crippen LogP contribution is -2.50. The van der Waals surface area contributed by atoms with Crippen LogP contribution < -0.4 is 42.5 Å². The van der Waals surface area contributed by atoms with Gasteiger partial charge in [-0.05, 0) is 353 Å². The third-order valence-corrected chi connectivity index (χ3v) is 25.8. The number of amides is 5. The highest BCUT2D eigenvalue weighted by atomic mass is 19.4. The number of fused-ring (bicyclic) bond motifs is 5. The minimum atomic E-state index is -4.53. The zero-order chi connectivity index (χ0) is 97.5. The maximum Gasteiger partial charge on any atom is 0.418 e. The van der Waals surface area contributed by atoms with Gasteiger partial charge >= 0.3 is 30.9 Å². The monoisotopic (exact) mass is 1910 g/mol. The number of morpholine rings is 1. The fourth-order valence-electron chi connectivity index (χ4n) is 17.3. The zero-order valence-electron chi connectivity index (χ0n) is 76.6. The van der Waals surface area contributed by atoms with Crippen LogP contribution >= 0.6 is 0 Å². The number of rotatable bonds is 26. The molecule has 36 heteroatoms. The second-order valence-electron chi connectivity index (χ2n) is 36.8. The number of ether oxygens (including phenoxy) is 1. The second-order valence-corrected chi connectivity index (χ2v) is 36.8. The summed E-state index contributed by atoms with van der Waals surface area (Å²) >= 11 is 0. The van der Waals surface area contributed by atoms with Gasteiger partial charge in [0.2, 0.25) is 0 Å². The number of nitrogens with zero attached hydrogens (tertiary/aromatic N) is 6. The summed E-state index contributed by atoms with van der Waals surface area (Å²) in [5.41, 5.74) is 2.12. The molecule has 9 N–H and O–H groups in total. The maximum atomic E-state index is 13.7. The Kier molecular flexibility index (Phi) is 32.0. The molecule has 0 spiro atoms. The summed E-state index contributed by atoms with van der Waals surface area (Å²) in [5, 5.41) is 34.2. The van der Waals surface area contributed by atoms with Gasteiger partial charge in [-0.3, -0.25) is 28.9 Å². The number of alkyl halides is 15. The van der Waals surface area contributed by atoms with Crippen molar-refractivity contribution >= 4 is 84.1 Å². The predicted molar refractivity (Wildman–Crippen MR) is 488 cm³/mol. The molecule has 3 saturated heterocycles. The highest BCUT2D eigenvalue weighted by molar-refractivity contribution is 6.01. The van der Waals surface area contributed by atoms with Gasteiger partial charge in [-0.15, -0.1) is 0 Å². The van der Waals surface area contributed by atoms with Crippen LogP contribution in [0.1, 0.15) is 281 Å². The lowest BCUT2D eigenvalue weighted by molar-refractivity contribution is -0.137. The van der Waals surface area contributed by atoms with E-state index in [1.165, 1.54) is 49.2 Å². The van der Waals surface area contributed by atoms with Crippen LogP contribution in [0.2, 0.25) is 0 Å². The number of hydrogen-bond donors (Lipinski definition) is 9. The van der Waals surface area contributed by atoms with Crippen LogP contribution in [0, 0.1) is 34.6 Å². The van der Waals surface area contributed by atoms with E-state index in [-0.39, 0.29) is 105 Å². The van der Waals surface area contributed by atoms with E-state index in [4.69, 9.17) is 9.84 Å². The van der Waals surface area contributed by atoms with Crippen LogP contribution in [0.3, 0.4) is 0 Å². The Morgan fingerprint density at radius 3 is 0.919 bits per heavy atom. The normalized spacial score (nSPS) is 17.6. The van der Waals surface area contributed by atoms with E-state index in [0.717, 1.165) is 149 Å². The Labute approximate surface area is 777 Å². The number of hydrogen-bond acceptors (Lipinski definition) is 16. The summed E-state index contributed by atoms with van der Waals surface area (Å²) in [6, 6.07) is 23.4. The van der Waals surface area contributed by atoms with E-state index in [2.05, 4.69) is 72.4 Å². The second kappa shape index (κ2) is 43.1. The number of carbonyl (C=O) groups is 5. The van der Waals surface area contributed by atoms with Gasteiger partial charge in [-0.2, -0.15) is 65.9 Å². The molecular weight excluding hydrogens is 1790 g/mol. The summed E-state index contributed by atoms with van der Waals surface area (Å²) in [5.74, 6) is -1.31. The molecule has 8 heterocycles. The number of aliphatic hydroxyl groups excluding tert-OH is 1. The Balaban J connectivity index is 0.000000136. The third kappa shape index (κ3) is 26.2. The van der Waals surface area contributed by atoms with E-state index in [1.807, 2.05) is 7.05 Å². The van der Waals surface area contributed by atoms with Crippen molar-refractivity contribution in [1.29, 1.82) is 0 Å². The Morgan fingerprint density at radius 1 is 0.360 bits per heavy atom. The molecule has 5 amide bonds. The lowest BCUT2D eigenvalue weighted by atomic mass is 9.98. The minimum Gasteiger partial charge on any atom is -0.396 e. The van der Waals surface area contributed by atoms with Crippen LogP contribution in [0.4, 0.5) is 65.9 Å². The Hall–Kier alpha value is -10.8. The van der Waals surface area contributed by atoms with E-state index >= 15 is 0 Å². The van der Waals surface area contributed by atoms with Crippen molar-refractivity contribution in [1.82, 2.24) is 72.4 Å². The molecule has 2 atom stereocenters. The molecule has 5 aromatic heterocycles. The number of aryl methyl sites for hydroxylation is 5. The van der Waals surface area contributed by atoms with Gasteiger partial charge in [-0.25, -0.2) is 24.9 Å². The molecule has 5 saturated carbocycles. The van der Waals surface area contributed by atoms with Crippen molar-refractivity contribution in [3.63, 3.8) is 0 Å². The number of nitrogens with one attached hydrogen (secondary N) is 8. The summed E-state index contributed by atoms with van der Waals surface area (Å²) in [6.07, 6.45) is -6.33. The van der Waals surface area contributed by atoms with E-state index in [9.17, 15) is 89.8 Å². The quantitative estimate of drug-likeness (QED) is 0.0180. The summed E-state index contributed by atoms with van der Waals surface area (Å²) < 4.78 is 210. The average Bonchev–Trinajstić information content (AvgIpc) is 0.902. The van der Waals surface area contributed by atoms with Crippen LogP contribution in [-0.4, -0.2) is 175 Å². The van der Waals surface area contributed by atoms with Crippen LogP contribution in [0.5, 0.6) is 0 Å². The molecule has 0 radical (unpaired) electrons. The first kappa shape index (κ1) is 101. The van der Waals surface area contributed by atoms with Crippen molar-refractivity contribution in [3.8, 4) is 0 Å². The van der Waals surface area contributed by atoms with Crippen molar-refractivity contribution in [3.05, 3.63) is 203 Å². The lowest BCUT2D eigenvalue weighted by Gasteiger charge is -2.27. The molecule has 2 unspecified atom stereocenters. The molecule has 8 fully saturated rings. The van der Waals surface area contributed by atoms with Crippen LogP contribution in [0.25, 0.3) is 54.5 Å². The van der Waals surface area contributed by atoms with Gasteiger partial charge in [0, 0.05) is 91.4 Å². The standard InChI is InChI=1S/C22H26F3N3O2.C22H26F3N3O.C19H20F3N3O.C19H22F3N3O.C18H19F3N2O2/c1-14-11-19(21(29)26-5-2-6-28-7-9-30-10-8-28)27-20-17(14)12-16(15-3-4-15)13-18(20)22(23,24)25;1-13-10-19(21(29)27-9-7-16-4-2-3-8-26-16)28-20-17(13)11-15(14-5-6-14)12-18(20)22(23,24)25;1-10-6-16(18(26)24-9-13-4-5-23-13)25-17-14(10)7-12(11-2-3-11)8-15(17)19(20,21)22;1-11-8-16(18(26)24-7-3-6-23-2)25-17-14(11)9-13(12-4-5-12)10-15(17)19(20,21)22;1-10-7-15(17(25)22-5-2-6-24)23-16-13(10)8-12(11-3-4-11)9-14(16)18(19,20)21/h11-13,15H,2-10H2,1H3,(H,26,29);10-12,14,16,26H,2-9H2,1H3,(H,27,29);6-8,11,13,23H,2-5,9H2,1H3,(H,24,26);8-10,12,23H,3-7H2,1-2H3,(H,24,26);7-9,11,24H,2-6H2,1H3,(H,22,25). The first-order chi connectivity index (χ1) is 64.6. The number of piperidine rings is 1. The summed E-state index contributed by atoms with van der Waals surface area (Å²) in [6.45, 7) is 17.3. The number of pyridine rings is 5. The SMILES string of the molecule is CNCCCNC(=O)c1cc(C)c2cc(C3CC3)cc(C(F)(F)F)c2n1.Cc1cc(C(=O)NCC2CCN2)nc2c(C(F)(F)F)cc(C3CC3)cc12.Cc1cc(C(=O)NCCC2CCCCN2)nc2c(C(F)(F)F)cc(C3CC3)cc12.Cc1cc(C(=O)NCCCN2CCOCC2)nc2c(C(F)(F)F)cc(C3CC3)cc12.Cc1cc(C(=O)NCCCO)nc2c(C(F)(F)F)cc(C3CC3)cc12. The molecule has 0 bridgehead atoms. The highest BCUT2D eigenvalue weighted by Gasteiger charge is 2.43. The van der Waals surface area contributed by atoms with Crippen molar-refractivity contribution < 1.29 is 99.7 Å². The van der Waals surface area contributed by atoms with Gasteiger partial charge < -0.3 is 52.4 Å². The molecule has 136 heavy (non-hydrogen) atoms. The smallest absolute Gasteiger partial charge is 0.396 e. The fraction of sp³-hybridized carbons (Fsp3) is 0.500. The minimum absolute atomic E-state index is 0.0177. The third-order valence-electron chi connectivity index (χ3n) is 25.8. The molecule has 8 aliphatic rings. The summed E-state index contributed by atoms with van der Waals surface area (Å²) in [7, 11) is 1.81. The topological polar surface area (TPSA) is 279 Å². The van der Waals surface area contributed by atoms with Gasteiger partial charge in [0.1, 0.15) is 28.5 Å². The molecule has 5 aliphatic carbocycles. The first-order valence-corrected chi connectivity index (χ1v) is 46.7. The Bertz CT molecular complexity index is 6050. The number of aliphatic hydroxyl groups is 1. The molecule has 18 rings (SSSR count). The van der Waals surface area contributed by atoms with Crippen LogP contribution in [-0.2, 0) is 35.6 Å². The van der Waals surface area contributed by atoms with E-state index in [1.54, 1.807) is 89.2 Å². The van der Waals surface area contributed by atoms with E-state index in [0.29, 0.717) is 121 Å². The largest absolute Gasteiger partial charge is 0.418 e. The molecular formula is C100H113F15N14O7. The molecule has 21 nitrogen and oxygen atoms in total. The predicted octanol–water partition coefficient (Wildman–Crippen LogP) is 19.5. The fourth-order valence-corrected chi connectivity index (χ4v) is 17.3. The average molecular weight is 1910 g/mol. The van der Waals surface area contributed by atoms with Gasteiger partial charge in [0.05, 0.1) is 68.6 Å². The van der Waals surface area contributed by atoms with Gasteiger partial charge in [0.25, 0.3) is 29.5 Å². The molecule has 3 aliphatic heterocycles. The number of carbonyl (C=O) groups excluding carboxylic acids is 5. The first-order valence-electron chi connectivity index (χ1n) is 46.7. The van der Waals surface area contributed by atoms with Gasteiger partial charge in [0.15, 0.2) is 0 Å². The Morgan fingerprint density at radius 2 is 0.654 bits per heavy atom. The molecule has 5 aromatic carbocycles. The van der Waals surface area contributed by atoms with Gasteiger partial charge in [-0.1, -0.05) is 6.42 Å². The van der Waals surface area contributed by atoms with Crippen molar-refractivity contribution in [2.75, 3.05) is 98.9 Å². The number of aromatic nitrogens is 5. The number of halogens is 15. The highest BCUT2D eigenvalue weighted by Crippen LogP contribution is 2.51. The number of benzene rings is 5. The van der Waals surface area contributed by atoms with Crippen LogP contribution in [0.15, 0.2) is 91.0 Å². The van der Waals surface area contributed by atoms with Crippen molar-refractivity contribution in [2.24, 2.45) is 0 Å². The van der Waals surface area contributed by atoms with E-state index < -0.39 is 88.2 Å². The maximum absolute atomic E-state index is 13.7. The molecule has 10 aromatic rings. The zero-order valence-corrected chi connectivity index (χ0v) is 76.6. The molecule has 730 valence electrons.